The molecule has 0 unspecified atom stereocenters. The molecule has 0 amide bonds. The van der Waals surface area contributed by atoms with Crippen LogP contribution in [0.4, 0.5) is 0 Å². The number of esters is 3. The van der Waals surface area contributed by atoms with Crippen molar-refractivity contribution < 1.29 is 45.4 Å². The van der Waals surface area contributed by atoms with Gasteiger partial charge in [0.2, 0.25) is 16.3 Å². The highest BCUT2D eigenvalue weighted by Gasteiger charge is 2.56. The molecule has 212 valence electrons. The summed E-state index contributed by atoms with van der Waals surface area (Å²) in [6.07, 6.45) is -4.03. The van der Waals surface area contributed by atoms with Crippen molar-refractivity contribution in [2.24, 2.45) is 0 Å². The van der Waals surface area contributed by atoms with Gasteiger partial charge in [-0.25, -0.2) is 16.8 Å². The molecule has 13 heteroatoms. The Hall–Kier alpha value is -3.29. The summed E-state index contributed by atoms with van der Waals surface area (Å²) in [5.74, 6) is -2.58. The van der Waals surface area contributed by atoms with Crippen LogP contribution in [0.1, 0.15) is 38.3 Å². The van der Waals surface area contributed by atoms with Gasteiger partial charge in [-0.3, -0.25) is 14.4 Å². The molecule has 2 aromatic rings. The van der Waals surface area contributed by atoms with E-state index >= 15 is 0 Å². The first-order valence-corrected chi connectivity index (χ1v) is 15.0. The number of benzene rings is 2. The molecule has 39 heavy (non-hydrogen) atoms. The Morgan fingerprint density at radius 3 is 1.72 bits per heavy atom. The van der Waals surface area contributed by atoms with Gasteiger partial charge in [-0.15, -0.1) is 4.31 Å². The normalized spacial score (nSPS) is 22.1. The van der Waals surface area contributed by atoms with Gasteiger partial charge >= 0.3 is 17.9 Å². The van der Waals surface area contributed by atoms with Crippen LogP contribution in [0.2, 0.25) is 0 Å². The van der Waals surface area contributed by atoms with Crippen molar-refractivity contribution in [3.8, 4) is 0 Å². The van der Waals surface area contributed by atoms with E-state index in [-0.39, 0.29) is 9.79 Å². The average molecular weight is 582 g/mol. The fraction of sp³-hybridized carbons (Fsp3) is 0.423. The Morgan fingerprint density at radius 2 is 1.26 bits per heavy atom. The topological polar surface area (TPSA) is 150 Å². The molecule has 11 nitrogen and oxygen atoms in total. The highest BCUT2D eigenvalue weighted by atomic mass is 32.2. The predicted octanol–water partition coefficient (Wildman–Crippen LogP) is 2.29. The van der Waals surface area contributed by atoms with E-state index in [4.69, 9.17) is 14.2 Å². The third-order valence-corrected chi connectivity index (χ3v) is 10.3. The van der Waals surface area contributed by atoms with Crippen molar-refractivity contribution in [1.29, 1.82) is 0 Å². The Kier molecular flexibility index (Phi) is 9.19. The first-order chi connectivity index (χ1) is 18.1. The summed E-state index contributed by atoms with van der Waals surface area (Å²) in [7, 11) is -8.78. The smallest absolute Gasteiger partial charge is 0.304 e. The highest BCUT2D eigenvalue weighted by Crippen LogP contribution is 2.38. The van der Waals surface area contributed by atoms with Gasteiger partial charge < -0.3 is 14.2 Å². The van der Waals surface area contributed by atoms with Crippen LogP contribution in [0.3, 0.4) is 0 Å². The number of nitrogens with zero attached hydrogens (tertiary/aromatic N) is 1. The number of carbonyl (C=O) groups is 3. The lowest BCUT2D eigenvalue weighted by Gasteiger charge is -2.46. The number of hydrogen-bond donors (Lipinski definition) is 0. The molecular weight excluding hydrogens is 550 g/mol. The Morgan fingerprint density at radius 1 is 0.769 bits per heavy atom. The number of rotatable bonds is 8. The number of piperidine rings is 1. The third kappa shape index (κ3) is 6.84. The molecule has 1 aliphatic heterocycles. The zero-order valence-electron chi connectivity index (χ0n) is 22.2. The molecule has 3 rings (SSSR count). The second-order valence-corrected chi connectivity index (χ2v) is 13.3. The third-order valence-electron chi connectivity index (χ3n) is 6.17. The van der Waals surface area contributed by atoms with Crippen molar-refractivity contribution in [3.63, 3.8) is 0 Å². The summed E-state index contributed by atoms with van der Waals surface area (Å²) < 4.78 is 72.3. The summed E-state index contributed by atoms with van der Waals surface area (Å²) in [6, 6.07) is 10.5. The van der Waals surface area contributed by atoms with Crippen LogP contribution in [0, 0.1) is 13.8 Å². The molecule has 1 heterocycles. The van der Waals surface area contributed by atoms with Gasteiger partial charge in [0.1, 0.15) is 11.9 Å². The number of aryl methyl sites for hydroxylation is 2. The van der Waals surface area contributed by atoms with Gasteiger partial charge in [0.15, 0.2) is 15.9 Å². The van der Waals surface area contributed by atoms with Crippen LogP contribution >= 0.6 is 0 Å². The fourth-order valence-electron chi connectivity index (χ4n) is 4.38. The molecule has 1 saturated heterocycles. The lowest BCUT2D eigenvalue weighted by molar-refractivity contribution is -0.185. The number of sulfone groups is 1. The molecule has 0 N–H and O–H groups in total. The van der Waals surface area contributed by atoms with E-state index in [0.717, 1.165) is 36.2 Å². The van der Waals surface area contributed by atoms with Crippen molar-refractivity contribution in [2.75, 3.05) is 6.61 Å². The van der Waals surface area contributed by atoms with Crippen molar-refractivity contribution in [1.82, 2.24) is 4.31 Å². The minimum atomic E-state index is -4.50. The number of carbonyl (C=O) groups excluding carboxylic acids is 3. The number of sulfonamides is 1. The standard InChI is InChI=1S/C26H31NO10S2/c1-16-6-10-22(11-7-16)38(31,32)24-14-21(15-35-18(3)28)27(26(37-20(5)30)25(24)36-19(4)29)39(33,34)23-12-8-17(2)9-13-23/h6-13,21,24-26H,14-15H2,1-5H3/t21-,24+,25-,26-/m1/s1. The first kappa shape index (κ1) is 30.3. The summed E-state index contributed by atoms with van der Waals surface area (Å²) in [5.41, 5.74) is 1.58. The molecule has 2 aromatic carbocycles. The summed E-state index contributed by atoms with van der Waals surface area (Å²) >= 11 is 0. The van der Waals surface area contributed by atoms with Crippen LogP contribution < -0.4 is 0 Å². The Labute approximate surface area is 228 Å². The van der Waals surface area contributed by atoms with E-state index < -0.39 is 74.4 Å². The maximum absolute atomic E-state index is 13.9. The first-order valence-electron chi connectivity index (χ1n) is 12.0. The molecule has 0 saturated carbocycles. The lowest BCUT2D eigenvalue weighted by Crippen LogP contribution is -2.65. The second-order valence-electron chi connectivity index (χ2n) is 9.31. The molecule has 4 atom stereocenters. The molecule has 0 aliphatic carbocycles. The molecule has 0 spiro atoms. The van der Waals surface area contributed by atoms with E-state index in [1.807, 2.05) is 0 Å². The molecule has 0 radical (unpaired) electrons. The quantitative estimate of drug-likeness (QED) is 0.335. The molecule has 1 fully saturated rings. The molecule has 1 aliphatic rings. The van der Waals surface area contributed by atoms with Gasteiger partial charge in [0, 0.05) is 20.8 Å². The van der Waals surface area contributed by atoms with Crippen molar-refractivity contribution in [2.45, 2.75) is 74.5 Å². The van der Waals surface area contributed by atoms with Gasteiger partial charge in [0.05, 0.1) is 15.8 Å². The van der Waals surface area contributed by atoms with Crippen LogP contribution in [-0.2, 0) is 48.5 Å². The van der Waals surface area contributed by atoms with Crippen molar-refractivity contribution >= 4 is 37.8 Å². The monoisotopic (exact) mass is 581 g/mol. The summed E-state index contributed by atoms with van der Waals surface area (Å²) in [4.78, 5) is 35.8. The SMILES string of the molecule is CC(=O)OC[C@H]1C[C@H](S(=O)(=O)c2ccc(C)cc2)[C@@H](OC(C)=O)[C@@H](OC(C)=O)N1S(=O)(=O)c1ccc(C)cc1. The number of hydrogen-bond acceptors (Lipinski definition) is 10. The lowest BCUT2D eigenvalue weighted by atomic mass is 10.0. The van der Waals surface area contributed by atoms with Gasteiger partial charge in [0.25, 0.3) is 0 Å². The maximum Gasteiger partial charge on any atom is 0.304 e. The van der Waals surface area contributed by atoms with E-state index in [1.165, 1.54) is 24.3 Å². The second kappa shape index (κ2) is 11.8. The molecule has 0 aromatic heterocycles. The van der Waals surface area contributed by atoms with Gasteiger partial charge in [-0.1, -0.05) is 35.4 Å². The van der Waals surface area contributed by atoms with Crippen LogP contribution in [-0.4, -0.2) is 69.3 Å². The molecule has 0 bridgehead atoms. The maximum atomic E-state index is 13.9. The minimum Gasteiger partial charge on any atom is -0.464 e. The zero-order valence-corrected chi connectivity index (χ0v) is 23.8. The Bertz CT molecular complexity index is 1430. The summed E-state index contributed by atoms with van der Waals surface area (Å²) in [6.45, 7) is 6.17. The van der Waals surface area contributed by atoms with E-state index in [0.29, 0.717) is 0 Å². The van der Waals surface area contributed by atoms with E-state index in [9.17, 15) is 31.2 Å². The number of ether oxygens (including phenoxy) is 3. The minimum absolute atomic E-state index is 0.0992. The van der Waals surface area contributed by atoms with Crippen LogP contribution in [0.15, 0.2) is 58.3 Å². The van der Waals surface area contributed by atoms with Crippen LogP contribution in [0.5, 0.6) is 0 Å². The van der Waals surface area contributed by atoms with Crippen molar-refractivity contribution in [3.05, 3.63) is 59.7 Å². The fourth-order valence-corrected chi connectivity index (χ4v) is 7.97. The van der Waals surface area contributed by atoms with Gasteiger partial charge in [-0.2, -0.15) is 0 Å². The van der Waals surface area contributed by atoms with E-state index in [1.54, 1.807) is 38.1 Å². The highest BCUT2D eigenvalue weighted by molar-refractivity contribution is 7.92. The average Bonchev–Trinajstić information content (AvgIpc) is 2.83. The summed E-state index contributed by atoms with van der Waals surface area (Å²) in [5, 5.41) is -1.54. The van der Waals surface area contributed by atoms with Crippen LogP contribution in [0.25, 0.3) is 0 Å². The predicted molar refractivity (Wildman–Crippen MR) is 139 cm³/mol. The largest absolute Gasteiger partial charge is 0.464 e. The zero-order chi connectivity index (χ0) is 29.1. The molecular formula is C26H31NO10S2. The Balaban J connectivity index is 2.25. The van der Waals surface area contributed by atoms with Gasteiger partial charge in [-0.05, 0) is 44.5 Å². The van der Waals surface area contributed by atoms with E-state index in [2.05, 4.69) is 0 Å².